The standard InChI is InChI=1S/C13H11BrINO/c14-10-2-1-9(13(16)7-10)8-17-12-5-3-11(15)4-6-12/h1-7H,8,16H2. The second-order valence-corrected chi connectivity index (χ2v) is 5.75. The molecule has 0 radical (unpaired) electrons. The van der Waals surface area contributed by atoms with Gasteiger partial charge >= 0.3 is 0 Å². The monoisotopic (exact) mass is 403 g/mol. The molecular weight excluding hydrogens is 393 g/mol. The number of hydrogen-bond donors (Lipinski definition) is 1. The molecule has 88 valence electrons. The van der Waals surface area contributed by atoms with Gasteiger partial charge in [0, 0.05) is 19.3 Å². The normalized spacial score (nSPS) is 10.2. The lowest BCUT2D eigenvalue weighted by atomic mass is 10.2. The molecule has 0 aliphatic carbocycles. The Kier molecular flexibility index (Phi) is 4.28. The van der Waals surface area contributed by atoms with Crippen LogP contribution in [0.2, 0.25) is 0 Å². The van der Waals surface area contributed by atoms with E-state index in [0.29, 0.717) is 6.61 Å². The smallest absolute Gasteiger partial charge is 0.119 e. The lowest BCUT2D eigenvalue weighted by Crippen LogP contribution is -2.00. The van der Waals surface area contributed by atoms with Crippen molar-refractivity contribution < 1.29 is 4.74 Å². The Morgan fingerprint density at radius 3 is 2.47 bits per heavy atom. The van der Waals surface area contributed by atoms with Crippen LogP contribution in [0.5, 0.6) is 5.75 Å². The Bertz CT molecular complexity index is 513. The molecule has 2 aromatic rings. The molecule has 0 atom stereocenters. The van der Waals surface area contributed by atoms with E-state index >= 15 is 0 Å². The van der Waals surface area contributed by atoms with E-state index in [0.717, 1.165) is 21.5 Å². The van der Waals surface area contributed by atoms with Crippen molar-refractivity contribution in [2.24, 2.45) is 0 Å². The van der Waals surface area contributed by atoms with E-state index in [9.17, 15) is 0 Å². The maximum atomic E-state index is 5.90. The van der Waals surface area contributed by atoms with Crippen LogP contribution in [0.3, 0.4) is 0 Å². The lowest BCUT2D eigenvalue weighted by molar-refractivity contribution is 0.307. The quantitative estimate of drug-likeness (QED) is 0.615. The van der Waals surface area contributed by atoms with Crippen LogP contribution < -0.4 is 10.5 Å². The fraction of sp³-hybridized carbons (Fsp3) is 0.0769. The number of hydrogen-bond acceptors (Lipinski definition) is 2. The van der Waals surface area contributed by atoms with Crippen molar-refractivity contribution in [3.05, 3.63) is 56.1 Å². The van der Waals surface area contributed by atoms with Gasteiger partial charge in [0.05, 0.1) is 0 Å². The maximum absolute atomic E-state index is 5.90. The van der Waals surface area contributed by atoms with Crippen LogP contribution in [0, 0.1) is 3.57 Å². The van der Waals surface area contributed by atoms with E-state index in [1.165, 1.54) is 3.57 Å². The van der Waals surface area contributed by atoms with E-state index in [-0.39, 0.29) is 0 Å². The molecule has 0 spiro atoms. The summed E-state index contributed by atoms with van der Waals surface area (Å²) in [5.41, 5.74) is 7.63. The average Bonchev–Trinajstić information content (AvgIpc) is 2.30. The van der Waals surface area contributed by atoms with E-state index in [1.54, 1.807) is 0 Å². The van der Waals surface area contributed by atoms with Crippen LogP contribution in [0.25, 0.3) is 0 Å². The van der Waals surface area contributed by atoms with Gasteiger partial charge in [-0.2, -0.15) is 0 Å². The molecule has 0 saturated carbocycles. The van der Waals surface area contributed by atoms with Crippen molar-refractivity contribution in [1.82, 2.24) is 0 Å². The summed E-state index contributed by atoms with van der Waals surface area (Å²) < 4.78 is 7.84. The summed E-state index contributed by atoms with van der Waals surface area (Å²) in [6, 6.07) is 13.7. The predicted octanol–water partition coefficient (Wildman–Crippen LogP) is 4.21. The summed E-state index contributed by atoms with van der Waals surface area (Å²) in [7, 11) is 0. The second kappa shape index (κ2) is 5.73. The van der Waals surface area contributed by atoms with Crippen LogP contribution in [-0.2, 0) is 6.61 Å². The number of rotatable bonds is 3. The Hall–Kier alpha value is -0.750. The first-order chi connectivity index (χ1) is 8.15. The van der Waals surface area contributed by atoms with E-state index in [4.69, 9.17) is 10.5 Å². The number of ether oxygens (including phenoxy) is 1. The molecule has 0 unspecified atom stereocenters. The predicted molar refractivity (Wildman–Crippen MR) is 82.0 cm³/mol. The molecule has 0 aromatic heterocycles. The third-order valence-electron chi connectivity index (χ3n) is 2.32. The molecule has 0 heterocycles. The molecule has 2 nitrogen and oxygen atoms in total. The minimum Gasteiger partial charge on any atom is -0.489 e. The van der Waals surface area contributed by atoms with Crippen LogP contribution in [0.4, 0.5) is 5.69 Å². The molecule has 2 N–H and O–H groups in total. The molecule has 0 saturated heterocycles. The second-order valence-electron chi connectivity index (χ2n) is 3.59. The molecule has 0 amide bonds. The summed E-state index contributed by atoms with van der Waals surface area (Å²) in [4.78, 5) is 0. The fourth-order valence-electron chi connectivity index (χ4n) is 1.39. The highest BCUT2D eigenvalue weighted by Crippen LogP contribution is 2.21. The summed E-state index contributed by atoms with van der Waals surface area (Å²) in [5.74, 6) is 0.854. The van der Waals surface area contributed by atoms with Gasteiger partial charge in [0.1, 0.15) is 12.4 Å². The van der Waals surface area contributed by atoms with Gasteiger partial charge in [-0.1, -0.05) is 22.0 Å². The highest BCUT2D eigenvalue weighted by Gasteiger charge is 2.01. The third-order valence-corrected chi connectivity index (χ3v) is 3.53. The zero-order valence-corrected chi connectivity index (χ0v) is 12.7. The molecule has 17 heavy (non-hydrogen) atoms. The number of anilines is 1. The lowest BCUT2D eigenvalue weighted by Gasteiger charge is -2.08. The van der Waals surface area contributed by atoms with E-state index in [2.05, 4.69) is 38.5 Å². The highest BCUT2D eigenvalue weighted by molar-refractivity contribution is 14.1. The first-order valence-corrected chi connectivity index (χ1v) is 6.94. The number of nitrogens with two attached hydrogens (primary N) is 1. The Labute approximate surface area is 122 Å². The zero-order valence-electron chi connectivity index (χ0n) is 8.99. The molecule has 0 aliphatic heterocycles. The summed E-state index contributed by atoms with van der Waals surface area (Å²) >= 11 is 5.64. The SMILES string of the molecule is Nc1cc(Br)ccc1COc1ccc(I)cc1. The van der Waals surface area contributed by atoms with Gasteiger partial charge in [-0.05, 0) is 59.0 Å². The van der Waals surface area contributed by atoms with Crippen molar-refractivity contribution in [2.75, 3.05) is 5.73 Å². The van der Waals surface area contributed by atoms with Gasteiger partial charge in [-0.15, -0.1) is 0 Å². The molecule has 2 aromatic carbocycles. The minimum atomic E-state index is 0.486. The third kappa shape index (κ3) is 3.61. The van der Waals surface area contributed by atoms with Crippen molar-refractivity contribution >= 4 is 44.2 Å². The largest absolute Gasteiger partial charge is 0.489 e. The molecule has 0 fully saturated rings. The van der Waals surface area contributed by atoms with Gasteiger partial charge in [0.25, 0.3) is 0 Å². The van der Waals surface area contributed by atoms with Gasteiger partial charge < -0.3 is 10.5 Å². The molecule has 2 rings (SSSR count). The molecular formula is C13H11BrINO. The number of halogens is 2. The Balaban J connectivity index is 2.04. The Morgan fingerprint density at radius 1 is 1.12 bits per heavy atom. The Morgan fingerprint density at radius 2 is 1.82 bits per heavy atom. The zero-order chi connectivity index (χ0) is 12.3. The first kappa shape index (κ1) is 12.7. The van der Waals surface area contributed by atoms with Crippen molar-refractivity contribution in [3.63, 3.8) is 0 Å². The first-order valence-electron chi connectivity index (χ1n) is 5.07. The highest BCUT2D eigenvalue weighted by atomic mass is 127. The van der Waals surface area contributed by atoms with Crippen molar-refractivity contribution in [1.29, 1.82) is 0 Å². The van der Waals surface area contributed by atoms with Gasteiger partial charge in [0.2, 0.25) is 0 Å². The minimum absolute atomic E-state index is 0.486. The van der Waals surface area contributed by atoms with Gasteiger partial charge in [-0.3, -0.25) is 0 Å². The van der Waals surface area contributed by atoms with Crippen molar-refractivity contribution in [2.45, 2.75) is 6.61 Å². The van der Waals surface area contributed by atoms with Crippen molar-refractivity contribution in [3.8, 4) is 5.75 Å². The molecule has 4 heteroatoms. The van der Waals surface area contributed by atoms with E-state index in [1.807, 2.05) is 42.5 Å². The van der Waals surface area contributed by atoms with Crippen LogP contribution in [-0.4, -0.2) is 0 Å². The maximum Gasteiger partial charge on any atom is 0.119 e. The summed E-state index contributed by atoms with van der Waals surface area (Å²) in [6.45, 7) is 0.486. The topological polar surface area (TPSA) is 35.2 Å². The fourth-order valence-corrected chi connectivity index (χ4v) is 2.13. The number of nitrogen functional groups attached to an aromatic ring is 1. The van der Waals surface area contributed by atoms with Gasteiger partial charge in [-0.25, -0.2) is 0 Å². The molecule has 0 aliphatic rings. The van der Waals surface area contributed by atoms with E-state index < -0.39 is 0 Å². The summed E-state index contributed by atoms with van der Waals surface area (Å²) in [5, 5.41) is 0. The molecule has 0 bridgehead atoms. The summed E-state index contributed by atoms with van der Waals surface area (Å²) in [6.07, 6.45) is 0. The average molecular weight is 404 g/mol. The van der Waals surface area contributed by atoms with Crippen LogP contribution in [0.15, 0.2) is 46.9 Å². The van der Waals surface area contributed by atoms with Crippen LogP contribution in [0.1, 0.15) is 5.56 Å². The van der Waals surface area contributed by atoms with Gasteiger partial charge in [0.15, 0.2) is 0 Å². The van der Waals surface area contributed by atoms with Crippen LogP contribution >= 0.6 is 38.5 Å². The number of benzene rings is 2.